The lowest BCUT2D eigenvalue weighted by molar-refractivity contribution is 0.337. The Labute approximate surface area is 121 Å². The second-order valence-corrected chi connectivity index (χ2v) is 5.87. The Balaban J connectivity index is 2.96. The molecule has 0 amide bonds. The van der Waals surface area contributed by atoms with Gasteiger partial charge in [0.05, 0.1) is 6.61 Å². The van der Waals surface area contributed by atoms with E-state index in [1.54, 1.807) is 0 Å². The Bertz CT molecular complexity index is 477. The van der Waals surface area contributed by atoms with E-state index >= 15 is 0 Å². The molecule has 0 spiro atoms. The van der Waals surface area contributed by atoms with Crippen LogP contribution in [0.2, 0.25) is 0 Å². The molecule has 1 rings (SSSR count). The van der Waals surface area contributed by atoms with Crippen molar-refractivity contribution in [2.24, 2.45) is 5.92 Å². The van der Waals surface area contributed by atoms with Gasteiger partial charge in [-0.15, -0.1) is 0 Å². The van der Waals surface area contributed by atoms with Crippen LogP contribution < -0.4 is 4.74 Å². The van der Waals surface area contributed by atoms with Gasteiger partial charge in [-0.2, -0.15) is 5.26 Å². The average Bonchev–Trinajstić information content (AvgIpc) is 2.38. The molecule has 0 aliphatic rings. The summed E-state index contributed by atoms with van der Waals surface area (Å²) in [5, 5.41) is 10.8. The molecule has 1 aromatic rings. The van der Waals surface area contributed by atoms with Crippen LogP contribution in [0.15, 0.2) is 6.07 Å². The highest BCUT2D eigenvalue weighted by Crippen LogP contribution is 2.29. The summed E-state index contributed by atoms with van der Waals surface area (Å²) in [6.07, 6.45) is 1.03. The fourth-order valence-corrected chi connectivity index (χ4v) is 2.78. The number of benzene rings is 1. The van der Waals surface area contributed by atoms with Crippen molar-refractivity contribution in [3.63, 3.8) is 0 Å². The van der Waals surface area contributed by atoms with Gasteiger partial charge in [0.2, 0.25) is 0 Å². The van der Waals surface area contributed by atoms with Crippen molar-refractivity contribution in [2.45, 2.75) is 41.0 Å². The number of thioether (sulfide) groups is 1. The predicted molar refractivity (Wildman–Crippen MR) is 82.8 cm³/mol. The molecule has 1 unspecified atom stereocenters. The largest absolute Gasteiger partial charge is 0.494 e. The summed E-state index contributed by atoms with van der Waals surface area (Å²) in [6, 6.07) is 2.14. The molecule has 1 atom stereocenters. The van der Waals surface area contributed by atoms with Gasteiger partial charge < -0.3 is 4.74 Å². The van der Waals surface area contributed by atoms with Crippen LogP contribution in [0.25, 0.3) is 0 Å². The van der Waals surface area contributed by atoms with Crippen LogP contribution in [0.4, 0.5) is 0 Å². The van der Waals surface area contributed by atoms with E-state index in [2.05, 4.69) is 39.2 Å². The molecule has 1 aromatic carbocycles. The van der Waals surface area contributed by atoms with Gasteiger partial charge in [0, 0.05) is 5.75 Å². The van der Waals surface area contributed by atoms with E-state index in [0.717, 1.165) is 17.9 Å². The summed E-state index contributed by atoms with van der Waals surface area (Å²) in [6.45, 7) is 11.4. The van der Waals surface area contributed by atoms with Gasteiger partial charge in [0.15, 0.2) is 0 Å². The highest BCUT2D eigenvalue weighted by Gasteiger charge is 2.13. The molecule has 0 aliphatic carbocycles. The molecule has 0 aliphatic heterocycles. The molecule has 104 valence electrons. The first-order chi connectivity index (χ1) is 9.01. The Hall–Kier alpha value is -1.14. The van der Waals surface area contributed by atoms with Crippen molar-refractivity contribution >= 4 is 11.8 Å². The number of thiocyanates is 1. The molecule has 0 saturated carbocycles. The molecule has 0 aromatic heterocycles. The van der Waals surface area contributed by atoms with E-state index in [9.17, 15) is 0 Å². The molecule has 0 saturated heterocycles. The number of rotatable bonds is 6. The van der Waals surface area contributed by atoms with E-state index in [1.807, 2.05) is 6.92 Å². The molecule has 3 heteroatoms. The van der Waals surface area contributed by atoms with Crippen molar-refractivity contribution in [1.82, 2.24) is 0 Å². The van der Waals surface area contributed by atoms with Crippen molar-refractivity contribution in [3.8, 4) is 11.2 Å². The van der Waals surface area contributed by atoms with E-state index < -0.39 is 0 Å². The number of ether oxygens (including phenoxy) is 1. The normalized spacial score (nSPS) is 12.0. The van der Waals surface area contributed by atoms with Gasteiger partial charge in [-0.3, -0.25) is 0 Å². The Morgan fingerprint density at radius 2 is 2.00 bits per heavy atom. The first-order valence-electron chi connectivity index (χ1n) is 6.74. The lowest BCUT2D eigenvalue weighted by atomic mass is 9.91. The Morgan fingerprint density at radius 3 is 2.58 bits per heavy atom. The Kier molecular flexibility index (Phi) is 6.24. The molecule has 0 bridgehead atoms. The lowest BCUT2D eigenvalue weighted by Gasteiger charge is -2.19. The van der Waals surface area contributed by atoms with E-state index in [4.69, 9.17) is 10.00 Å². The zero-order valence-corrected chi connectivity index (χ0v) is 13.4. The molecular formula is C16H23NOS. The highest BCUT2D eigenvalue weighted by molar-refractivity contribution is 8.03. The smallest absolute Gasteiger partial charge is 0.133 e. The van der Waals surface area contributed by atoms with Gasteiger partial charge in [-0.25, -0.2) is 0 Å². The SMILES string of the molecule is CCOc1cc(C)c(CC(C)CSC#N)c(C)c1C. The number of hydrogen-bond donors (Lipinski definition) is 0. The van der Waals surface area contributed by atoms with Crippen molar-refractivity contribution in [3.05, 3.63) is 28.3 Å². The minimum absolute atomic E-state index is 0.513. The third-order valence-electron chi connectivity index (χ3n) is 3.49. The van der Waals surface area contributed by atoms with Crippen LogP contribution in [0.3, 0.4) is 0 Å². The summed E-state index contributed by atoms with van der Waals surface area (Å²) in [4.78, 5) is 0. The fourth-order valence-electron chi connectivity index (χ4n) is 2.31. The number of nitrogens with zero attached hydrogens (tertiary/aromatic N) is 1. The predicted octanol–water partition coefficient (Wildman–Crippen LogP) is 4.40. The van der Waals surface area contributed by atoms with Crippen LogP contribution in [-0.2, 0) is 6.42 Å². The van der Waals surface area contributed by atoms with Crippen LogP contribution in [0.5, 0.6) is 5.75 Å². The number of aryl methyl sites for hydroxylation is 1. The number of hydrogen-bond acceptors (Lipinski definition) is 3. The van der Waals surface area contributed by atoms with Crippen LogP contribution >= 0.6 is 11.8 Å². The molecule has 0 radical (unpaired) electrons. The minimum Gasteiger partial charge on any atom is -0.494 e. The molecule has 0 heterocycles. The minimum atomic E-state index is 0.513. The highest BCUT2D eigenvalue weighted by atomic mass is 32.2. The maximum atomic E-state index is 8.63. The quantitative estimate of drug-likeness (QED) is 0.722. The van der Waals surface area contributed by atoms with E-state index in [-0.39, 0.29) is 0 Å². The van der Waals surface area contributed by atoms with Gasteiger partial charge in [-0.1, -0.05) is 6.92 Å². The lowest BCUT2D eigenvalue weighted by Crippen LogP contribution is -2.08. The Morgan fingerprint density at radius 1 is 1.32 bits per heavy atom. The first-order valence-corrected chi connectivity index (χ1v) is 7.73. The van der Waals surface area contributed by atoms with Crippen molar-refractivity contribution in [1.29, 1.82) is 5.26 Å². The first kappa shape index (κ1) is 15.9. The molecule has 2 nitrogen and oxygen atoms in total. The van der Waals surface area contributed by atoms with E-state index in [1.165, 1.54) is 34.0 Å². The summed E-state index contributed by atoms with van der Waals surface area (Å²) < 4.78 is 5.68. The maximum absolute atomic E-state index is 8.63. The summed E-state index contributed by atoms with van der Waals surface area (Å²) >= 11 is 1.34. The van der Waals surface area contributed by atoms with Crippen molar-refractivity contribution in [2.75, 3.05) is 12.4 Å². The zero-order valence-electron chi connectivity index (χ0n) is 12.5. The average molecular weight is 277 g/mol. The molecule has 0 fully saturated rings. The maximum Gasteiger partial charge on any atom is 0.133 e. The van der Waals surface area contributed by atoms with Gasteiger partial charge >= 0.3 is 0 Å². The topological polar surface area (TPSA) is 33.0 Å². The van der Waals surface area contributed by atoms with Crippen LogP contribution in [0.1, 0.15) is 36.1 Å². The van der Waals surface area contributed by atoms with Gasteiger partial charge in [-0.05, 0) is 80.1 Å². The summed E-state index contributed by atoms with van der Waals surface area (Å²) in [7, 11) is 0. The second-order valence-electron chi connectivity index (χ2n) is 5.06. The van der Waals surface area contributed by atoms with Crippen molar-refractivity contribution < 1.29 is 4.74 Å². The molecule has 0 N–H and O–H groups in total. The summed E-state index contributed by atoms with van der Waals surface area (Å²) in [5.74, 6) is 2.40. The number of nitriles is 1. The monoisotopic (exact) mass is 277 g/mol. The third kappa shape index (κ3) is 4.18. The van der Waals surface area contributed by atoms with Gasteiger partial charge in [0.1, 0.15) is 11.2 Å². The van der Waals surface area contributed by atoms with Gasteiger partial charge in [0.25, 0.3) is 0 Å². The zero-order chi connectivity index (χ0) is 14.4. The van der Waals surface area contributed by atoms with Crippen LogP contribution in [-0.4, -0.2) is 12.4 Å². The van der Waals surface area contributed by atoms with E-state index in [0.29, 0.717) is 12.5 Å². The third-order valence-corrected chi connectivity index (χ3v) is 4.36. The molecule has 19 heavy (non-hydrogen) atoms. The standard InChI is InChI=1S/C16H23NOS/c1-6-18-16-8-12(3)15(13(4)14(16)5)7-11(2)9-19-10-17/h8,11H,6-7,9H2,1-5H3. The van der Waals surface area contributed by atoms with Crippen LogP contribution in [0, 0.1) is 37.4 Å². The summed E-state index contributed by atoms with van der Waals surface area (Å²) in [5.41, 5.74) is 5.27. The fraction of sp³-hybridized carbons (Fsp3) is 0.562. The second kappa shape index (κ2) is 7.45. The molecular weight excluding hydrogens is 254 g/mol.